The zero-order valence-electron chi connectivity index (χ0n) is 11.6. The Morgan fingerprint density at radius 3 is 2.00 bits per heavy atom. The van der Waals surface area contributed by atoms with Gasteiger partial charge in [-0.1, -0.05) is 54.6 Å². The number of fused-ring (bicyclic) bond motifs is 2. The van der Waals surface area contributed by atoms with E-state index in [-0.39, 0.29) is 17.3 Å². The molecule has 3 nitrogen and oxygen atoms in total. The molecule has 1 aliphatic carbocycles. The van der Waals surface area contributed by atoms with Gasteiger partial charge in [0.2, 0.25) is 5.78 Å². The lowest BCUT2D eigenvalue weighted by molar-refractivity contribution is 0.0976. The normalized spacial score (nSPS) is 12.7. The highest BCUT2D eigenvalue weighted by molar-refractivity contribution is 6.29. The fourth-order valence-electron chi connectivity index (χ4n) is 2.86. The Bertz CT molecular complexity index is 914. The van der Waals surface area contributed by atoms with Gasteiger partial charge in [0.15, 0.2) is 5.78 Å². The predicted molar refractivity (Wildman–Crippen MR) is 83.0 cm³/mol. The van der Waals surface area contributed by atoms with Crippen LogP contribution in [-0.2, 0) is 0 Å². The molecule has 0 fully saturated rings. The van der Waals surface area contributed by atoms with Crippen LogP contribution in [0.4, 0.5) is 0 Å². The third-order valence-electron chi connectivity index (χ3n) is 3.89. The van der Waals surface area contributed by atoms with Gasteiger partial charge in [0.25, 0.3) is 0 Å². The van der Waals surface area contributed by atoms with Crippen LogP contribution < -0.4 is 0 Å². The van der Waals surface area contributed by atoms with Crippen molar-refractivity contribution >= 4 is 11.6 Å². The second-order valence-electron chi connectivity index (χ2n) is 5.15. The largest absolute Gasteiger partial charge is 0.288 e. The van der Waals surface area contributed by atoms with Crippen LogP contribution in [0.3, 0.4) is 0 Å². The molecule has 1 aromatic heterocycles. The summed E-state index contributed by atoms with van der Waals surface area (Å²) in [6.07, 6.45) is 1.58. The van der Waals surface area contributed by atoms with E-state index in [9.17, 15) is 9.59 Å². The van der Waals surface area contributed by atoms with Crippen molar-refractivity contribution in [2.45, 2.75) is 0 Å². The van der Waals surface area contributed by atoms with Gasteiger partial charge in [0.1, 0.15) is 5.69 Å². The number of pyridine rings is 1. The molecule has 0 saturated carbocycles. The van der Waals surface area contributed by atoms with Crippen LogP contribution >= 0.6 is 0 Å². The average molecular weight is 285 g/mol. The van der Waals surface area contributed by atoms with E-state index in [4.69, 9.17) is 0 Å². The summed E-state index contributed by atoms with van der Waals surface area (Å²) in [6, 6.07) is 18.3. The summed E-state index contributed by atoms with van der Waals surface area (Å²) in [5.74, 6) is -0.333. The lowest BCUT2D eigenvalue weighted by Gasteiger charge is -2.19. The van der Waals surface area contributed by atoms with Gasteiger partial charge >= 0.3 is 0 Å². The molecule has 0 atom stereocenters. The molecule has 0 radical (unpaired) electrons. The van der Waals surface area contributed by atoms with Gasteiger partial charge in [0, 0.05) is 17.3 Å². The van der Waals surface area contributed by atoms with Crippen molar-refractivity contribution in [2.24, 2.45) is 0 Å². The van der Waals surface area contributed by atoms with Gasteiger partial charge in [0.05, 0.1) is 5.56 Å². The molecule has 104 valence electrons. The maximum Gasteiger partial charge on any atom is 0.212 e. The van der Waals surface area contributed by atoms with Crippen molar-refractivity contribution < 1.29 is 9.59 Å². The molecule has 0 amide bonds. The fourth-order valence-corrected chi connectivity index (χ4v) is 2.86. The third kappa shape index (κ3) is 1.72. The third-order valence-corrected chi connectivity index (χ3v) is 3.89. The Balaban J connectivity index is 2.02. The zero-order valence-corrected chi connectivity index (χ0v) is 11.6. The van der Waals surface area contributed by atoms with E-state index in [1.165, 1.54) is 0 Å². The zero-order chi connectivity index (χ0) is 15.1. The lowest BCUT2D eigenvalue weighted by atomic mass is 9.83. The SMILES string of the molecule is O=C1c2ccccc2C(=O)c2c(-c3ccccc3)ccnc21. The van der Waals surface area contributed by atoms with E-state index in [0.717, 1.165) is 11.1 Å². The molecule has 3 aromatic rings. The Hall–Kier alpha value is -3.07. The standard InChI is InChI=1S/C19H11NO2/c21-18-14-8-4-5-9-15(14)19(22)17-16(18)13(10-11-20-17)12-6-2-1-3-7-12/h1-11H. The highest BCUT2D eigenvalue weighted by Crippen LogP contribution is 2.32. The Kier molecular flexibility index (Phi) is 2.73. The van der Waals surface area contributed by atoms with Crippen molar-refractivity contribution in [3.8, 4) is 11.1 Å². The van der Waals surface area contributed by atoms with Crippen molar-refractivity contribution in [1.82, 2.24) is 4.98 Å². The Morgan fingerprint density at radius 1 is 0.636 bits per heavy atom. The molecule has 2 aromatic carbocycles. The predicted octanol–water partition coefficient (Wildman–Crippen LogP) is 3.52. The minimum absolute atomic E-state index is 0.142. The number of rotatable bonds is 1. The van der Waals surface area contributed by atoms with Gasteiger partial charge in [-0.2, -0.15) is 0 Å². The van der Waals surface area contributed by atoms with Crippen LogP contribution in [0.5, 0.6) is 0 Å². The van der Waals surface area contributed by atoms with E-state index in [0.29, 0.717) is 16.7 Å². The number of nitrogens with zero attached hydrogens (tertiary/aromatic N) is 1. The first-order chi connectivity index (χ1) is 10.8. The molecule has 22 heavy (non-hydrogen) atoms. The highest BCUT2D eigenvalue weighted by atomic mass is 16.1. The quantitative estimate of drug-likeness (QED) is 0.537. The molecule has 0 bridgehead atoms. The number of hydrogen-bond acceptors (Lipinski definition) is 3. The van der Waals surface area contributed by atoms with E-state index < -0.39 is 0 Å². The van der Waals surface area contributed by atoms with Crippen LogP contribution in [0.25, 0.3) is 11.1 Å². The maximum atomic E-state index is 12.9. The van der Waals surface area contributed by atoms with E-state index in [2.05, 4.69) is 4.98 Å². The van der Waals surface area contributed by atoms with E-state index in [1.807, 2.05) is 30.3 Å². The van der Waals surface area contributed by atoms with Crippen molar-refractivity contribution in [2.75, 3.05) is 0 Å². The molecule has 0 N–H and O–H groups in total. The number of carbonyl (C=O) groups excluding carboxylic acids is 2. The first-order valence-corrected chi connectivity index (χ1v) is 7.00. The van der Waals surface area contributed by atoms with Crippen LogP contribution in [0.2, 0.25) is 0 Å². The molecule has 1 aliphatic rings. The van der Waals surface area contributed by atoms with Gasteiger partial charge in [-0.3, -0.25) is 14.6 Å². The summed E-state index contributed by atoms with van der Waals surface area (Å²) in [6.45, 7) is 0. The topological polar surface area (TPSA) is 47.0 Å². The van der Waals surface area contributed by atoms with E-state index >= 15 is 0 Å². The number of ketones is 2. The van der Waals surface area contributed by atoms with Gasteiger partial charge in [-0.15, -0.1) is 0 Å². The summed E-state index contributed by atoms with van der Waals surface area (Å²) < 4.78 is 0. The summed E-state index contributed by atoms with van der Waals surface area (Å²) in [4.78, 5) is 29.6. The second-order valence-corrected chi connectivity index (χ2v) is 5.15. The molecule has 0 aliphatic heterocycles. The summed E-state index contributed by atoms with van der Waals surface area (Å²) in [7, 11) is 0. The van der Waals surface area contributed by atoms with Crippen LogP contribution in [0.15, 0.2) is 66.9 Å². The van der Waals surface area contributed by atoms with E-state index in [1.54, 1.807) is 36.5 Å². The van der Waals surface area contributed by atoms with Crippen molar-refractivity contribution in [3.05, 3.63) is 89.2 Å². The molecular weight excluding hydrogens is 274 g/mol. The second kappa shape index (κ2) is 4.74. The minimum atomic E-state index is -0.192. The first kappa shape index (κ1) is 12.7. The van der Waals surface area contributed by atoms with Gasteiger partial charge in [-0.25, -0.2) is 0 Å². The number of carbonyl (C=O) groups is 2. The van der Waals surface area contributed by atoms with Crippen LogP contribution in [-0.4, -0.2) is 16.6 Å². The fraction of sp³-hybridized carbons (Fsp3) is 0. The van der Waals surface area contributed by atoms with Crippen molar-refractivity contribution in [3.63, 3.8) is 0 Å². The molecule has 4 rings (SSSR count). The monoisotopic (exact) mass is 285 g/mol. The number of hydrogen-bond donors (Lipinski definition) is 0. The molecule has 1 heterocycles. The smallest absolute Gasteiger partial charge is 0.212 e. The van der Waals surface area contributed by atoms with Crippen molar-refractivity contribution in [1.29, 1.82) is 0 Å². The van der Waals surface area contributed by atoms with Gasteiger partial charge < -0.3 is 0 Å². The number of aromatic nitrogens is 1. The van der Waals surface area contributed by atoms with Gasteiger partial charge in [-0.05, 0) is 17.2 Å². The maximum absolute atomic E-state index is 12.9. The first-order valence-electron chi connectivity index (χ1n) is 7.00. The molecular formula is C19H11NO2. The summed E-state index contributed by atoms with van der Waals surface area (Å²) >= 11 is 0. The summed E-state index contributed by atoms with van der Waals surface area (Å²) in [5.41, 5.74) is 3.17. The summed E-state index contributed by atoms with van der Waals surface area (Å²) in [5, 5.41) is 0. The van der Waals surface area contributed by atoms with Crippen LogP contribution in [0, 0.1) is 0 Å². The molecule has 3 heteroatoms. The lowest BCUT2D eigenvalue weighted by Crippen LogP contribution is -2.23. The highest BCUT2D eigenvalue weighted by Gasteiger charge is 2.32. The average Bonchev–Trinajstić information content (AvgIpc) is 2.60. The minimum Gasteiger partial charge on any atom is -0.288 e. The molecule has 0 spiro atoms. The molecule has 0 saturated heterocycles. The Labute approximate surface area is 127 Å². The number of benzene rings is 2. The Morgan fingerprint density at radius 2 is 1.27 bits per heavy atom. The molecule has 0 unspecified atom stereocenters. The van der Waals surface area contributed by atoms with Crippen LogP contribution in [0.1, 0.15) is 32.0 Å².